The predicted molar refractivity (Wildman–Crippen MR) is 74.6 cm³/mol. The van der Waals surface area contributed by atoms with Crippen molar-refractivity contribution in [1.82, 2.24) is 14.8 Å². The summed E-state index contributed by atoms with van der Waals surface area (Å²) in [4.78, 5) is 13.4. The van der Waals surface area contributed by atoms with Gasteiger partial charge in [0.2, 0.25) is 0 Å². The molecule has 0 atom stereocenters. The minimum absolute atomic E-state index is 0.267. The molecule has 1 heterocycles. The molecular formula is C12H11ClFN3O3S. The highest BCUT2D eigenvalue weighted by Gasteiger charge is 2.20. The second kappa shape index (κ2) is 5.84. The van der Waals surface area contributed by atoms with Crippen molar-refractivity contribution < 1.29 is 17.6 Å². The zero-order chi connectivity index (χ0) is 15.6. The Bertz CT molecular complexity index is 789. The van der Waals surface area contributed by atoms with Gasteiger partial charge in [0.15, 0.2) is 0 Å². The van der Waals surface area contributed by atoms with Crippen molar-refractivity contribution >= 4 is 27.5 Å². The fourth-order valence-corrected chi connectivity index (χ4v) is 2.99. The van der Waals surface area contributed by atoms with Gasteiger partial charge in [0, 0.05) is 13.2 Å². The monoisotopic (exact) mass is 331 g/mol. The molecule has 1 aromatic carbocycles. The number of hydrazine groups is 1. The highest BCUT2D eigenvalue weighted by molar-refractivity contribution is 7.89. The number of rotatable bonds is 4. The molecule has 2 rings (SSSR count). The maximum atomic E-state index is 12.9. The van der Waals surface area contributed by atoms with E-state index in [1.165, 1.54) is 10.6 Å². The molecule has 1 amide bonds. The summed E-state index contributed by atoms with van der Waals surface area (Å²) >= 11 is 5.68. The van der Waals surface area contributed by atoms with Crippen molar-refractivity contribution in [3.63, 3.8) is 0 Å². The van der Waals surface area contributed by atoms with Gasteiger partial charge in [-0.3, -0.25) is 10.2 Å². The Morgan fingerprint density at radius 1 is 1.33 bits per heavy atom. The minimum atomic E-state index is -4.10. The van der Waals surface area contributed by atoms with Gasteiger partial charge in [-0.15, -0.1) is 4.83 Å². The molecule has 0 spiro atoms. The molecule has 9 heteroatoms. The van der Waals surface area contributed by atoms with Gasteiger partial charge in [-0.2, -0.15) is 0 Å². The number of sulfonamides is 1. The SMILES string of the molecule is Cn1cccc1C(=O)NNS(=O)(=O)c1ccc(F)cc1Cl. The molecule has 0 aliphatic heterocycles. The standard InChI is InChI=1S/C12H11ClFN3O3S/c1-17-6-2-3-10(17)12(18)15-16-21(19,20)11-5-4-8(14)7-9(11)13/h2-7,16H,1H3,(H,15,18). The van der Waals surface area contributed by atoms with Crippen LogP contribution in [0.2, 0.25) is 5.02 Å². The first-order chi connectivity index (χ1) is 9.81. The topological polar surface area (TPSA) is 80.2 Å². The van der Waals surface area contributed by atoms with Gasteiger partial charge < -0.3 is 4.57 Å². The van der Waals surface area contributed by atoms with E-state index in [9.17, 15) is 17.6 Å². The molecule has 2 aromatic rings. The second-order valence-electron chi connectivity index (χ2n) is 4.14. The summed E-state index contributed by atoms with van der Waals surface area (Å²) in [5.41, 5.74) is 2.32. The number of halogens is 2. The van der Waals surface area contributed by atoms with Crippen LogP contribution in [0.15, 0.2) is 41.4 Å². The molecule has 0 fully saturated rings. The highest BCUT2D eigenvalue weighted by atomic mass is 35.5. The van der Waals surface area contributed by atoms with Crippen LogP contribution < -0.4 is 10.3 Å². The van der Waals surface area contributed by atoms with E-state index >= 15 is 0 Å². The van der Waals surface area contributed by atoms with Crippen molar-refractivity contribution in [2.45, 2.75) is 4.90 Å². The quantitative estimate of drug-likeness (QED) is 0.832. The molecule has 0 bridgehead atoms. The number of nitrogens with zero attached hydrogens (tertiary/aromatic N) is 1. The number of aromatic nitrogens is 1. The summed E-state index contributed by atoms with van der Waals surface area (Å²) in [6.07, 6.45) is 1.64. The molecule has 0 unspecified atom stereocenters. The van der Waals surface area contributed by atoms with Gasteiger partial charge in [-0.1, -0.05) is 11.6 Å². The van der Waals surface area contributed by atoms with Crippen LogP contribution in [-0.2, 0) is 17.1 Å². The molecular weight excluding hydrogens is 321 g/mol. The maximum Gasteiger partial charge on any atom is 0.282 e. The summed E-state index contributed by atoms with van der Waals surface area (Å²) in [6.45, 7) is 0. The van der Waals surface area contributed by atoms with E-state index in [0.29, 0.717) is 0 Å². The zero-order valence-electron chi connectivity index (χ0n) is 10.8. The van der Waals surface area contributed by atoms with E-state index in [2.05, 4.69) is 5.43 Å². The largest absolute Gasteiger partial charge is 0.347 e. The second-order valence-corrected chi connectivity index (χ2v) is 6.20. The van der Waals surface area contributed by atoms with Gasteiger partial charge in [-0.25, -0.2) is 12.8 Å². The number of aryl methyl sites for hydroxylation is 1. The molecule has 0 saturated carbocycles. The van der Waals surface area contributed by atoms with Gasteiger partial charge in [0.1, 0.15) is 16.4 Å². The zero-order valence-corrected chi connectivity index (χ0v) is 12.4. The number of amides is 1. The predicted octanol–water partition coefficient (Wildman–Crippen LogP) is 1.44. The first-order valence-corrected chi connectivity index (χ1v) is 7.56. The Morgan fingerprint density at radius 3 is 2.62 bits per heavy atom. The minimum Gasteiger partial charge on any atom is -0.347 e. The Morgan fingerprint density at radius 2 is 2.05 bits per heavy atom. The average molecular weight is 332 g/mol. The van der Waals surface area contributed by atoms with Crippen LogP contribution in [0, 0.1) is 5.82 Å². The van der Waals surface area contributed by atoms with Gasteiger partial charge >= 0.3 is 0 Å². The summed E-state index contributed by atoms with van der Waals surface area (Å²) in [5, 5.41) is -0.282. The number of hydrogen-bond acceptors (Lipinski definition) is 3. The lowest BCUT2D eigenvalue weighted by atomic mass is 10.3. The molecule has 0 aliphatic carbocycles. The van der Waals surface area contributed by atoms with E-state index in [1.807, 2.05) is 4.83 Å². The van der Waals surface area contributed by atoms with Crippen LogP contribution in [0.5, 0.6) is 0 Å². The van der Waals surface area contributed by atoms with Crippen molar-refractivity contribution in [2.75, 3.05) is 0 Å². The third kappa shape index (κ3) is 3.41. The lowest BCUT2D eigenvalue weighted by Gasteiger charge is -2.10. The Hall–Kier alpha value is -1.90. The fraction of sp³-hybridized carbons (Fsp3) is 0.0833. The lowest BCUT2D eigenvalue weighted by molar-refractivity contribution is 0.0937. The van der Waals surface area contributed by atoms with Crippen molar-refractivity contribution in [3.05, 3.63) is 53.1 Å². The van der Waals surface area contributed by atoms with E-state index in [-0.39, 0.29) is 15.6 Å². The van der Waals surface area contributed by atoms with Crippen molar-refractivity contribution in [2.24, 2.45) is 7.05 Å². The number of hydrogen-bond donors (Lipinski definition) is 2. The van der Waals surface area contributed by atoms with Crippen molar-refractivity contribution in [3.8, 4) is 0 Å². The average Bonchev–Trinajstić information content (AvgIpc) is 2.82. The lowest BCUT2D eigenvalue weighted by Crippen LogP contribution is -2.42. The summed E-state index contributed by atoms with van der Waals surface area (Å²) in [5.74, 6) is -1.30. The molecule has 0 saturated heterocycles. The molecule has 112 valence electrons. The van der Waals surface area contributed by atoms with Crippen molar-refractivity contribution in [1.29, 1.82) is 0 Å². The van der Waals surface area contributed by atoms with Crippen LogP contribution in [0.25, 0.3) is 0 Å². The molecule has 6 nitrogen and oxygen atoms in total. The smallest absolute Gasteiger partial charge is 0.282 e. The molecule has 0 aliphatic rings. The molecule has 21 heavy (non-hydrogen) atoms. The highest BCUT2D eigenvalue weighted by Crippen LogP contribution is 2.21. The summed E-state index contributed by atoms with van der Waals surface area (Å²) in [6, 6.07) is 6.00. The van der Waals surface area contributed by atoms with E-state index in [0.717, 1.165) is 18.2 Å². The maximum absolute atomic E-state index is 12.9. The van der Waals surface area contributed by atoms with Crippen LogP contribution in [0.4, 0.5) is 4.39 Å². The fourth-order valence-electron chi connectivity index (χ4n) is 1.62. The van der Waals surface area contributed by atoms with E-state index < -0.39 is 21.7 Å². The summed E-state index contributed by atoms with van der Waals surface area (Å²) in [7, 11) is -2.46. The number of benzene rings is 1. The molecule has 1 aromatic heterocycles. The third-order valence-electron chi connectivity index (χ3n) is 2.66. The number of carbonyl (C=O) groups is 1. The van der Waals surface area contributed by atoms with Crippen LogP contribution >= 0.6 is 11.6 Å². The first kappa shape index (κ1) is 15.5. The van der Waals surface area contributed by atoms with Crippen LogP contribution in [0.3, 0.4) is 0 Å². The Balaban J connectivity index is 2.15. The molecule has 0 radical (unpaired) electrons. The normalized spacial score (nSPS) is 11.4. The van der Waals surface area contributed by atoms with Crippen LogP contribution in [0.1, 0.15) is 10.5 Å². The number of nitrogens with one attached hydrogen (secondary N) is 2. The third-order valence-corrected chi connectivity index (χ3v) is 4.39. The van der Waals surface area contributed by atoms with E-state index in [4.69, 9.17) is 11.6 Å². The number of carbonyl (C=O) groups excluding carboxylic acids is 1. The van der Waals surface area contributed by atoms with Crippen LogP contribution in [-0.4, -0.2) is 18.9 Å². The Kier molecular flexibility index (Phi) is 4.31. The first-order valence-electron chi connectivity index (χ1n) is 5.70. The Labute approximate surface area is 125 Å². The van der Waals surface area contributed by atoms with Gasteiger partial charge in [0.05, 0.1) is 5.02 Å². The van der Waals surface area contributed by atoms with Gasteiger partial charge in [0.25, 0.3) is 15.9 Å². The molecule has 2 N–H and O–H groups in total. The van der Waals surface area contributed by atoms with Gasteiger partial charge in [-0.05, 0) is 30.3 Å². The summed E-state index contributed by atoms with van der Waals surface area (Å²) < 4.78 is 38.4. The van der Waals surface area contributed by atoms with E-state index in [1.54, 1.807) is 19.3 Å².